The predicted molar refractivity (Wildman–Crippen MR) is 93.1 cm³/mol. The Kier molecular flexibility index (Phi) is 4.90. The number of nitrogens with two attached hydrogens (primary N) is 1. The molecule has 0 unspecified atom stereocenters. The van der Waals surface area contributed by atoms with Crippen molar-refractivity contribution in [2.45, 2.75) is 18.3 Å². The van der Waals surface area contributed by atoms with E-state index < -0.39 is 0 Å². The summed E-state index contributed by atoms with van der Waals surface area (Å²) < 4.78 is 5.54. The number of anilines is 2. The number of benzene rings is 1. The van der Waals surface area contributed by atoms with Crippen LogP contribution in [0.2, 0.25) is 10.2 Å². The van der Waals surface area contributed by atoms with Gasteiger partial charge >= 0.3 is 0 Å². The second-order valence-electron chi connectivity index (χ2n) is 5.69. The third kappa shape index (κ3) is 3.86. The zero-order valence-electron chi connectivity index (χ0n) is 12.6. The lowest BCUT2D eigenvalue weighted by atomic mass is 9.74. The van der Waals surface area contributed by atoms with Crippen LogP contribution in [0.5, 0.6) is 0 Å². The maximum atomic E-state index is 6.02. The van der Waals surface area contributed by atoms with Crippen LogP contribution in [0.3, 0.4) is 0 Å². The monoisotopic (exact) mass is 352 g/mol. The third-order valence-electron chi connectivity index (χ3n) is 4.23. The van der Waals surface area contributed by atoms with Crippen LogP contribution in [0.25, 0.3) is 0 Å². The summed E-state index contributed by atoms with van der Waals surface area (Å²) in [6.07, 6.45) is 1.85. The van der Waals surface area contributed by atoms with E-state index >= 15 is 0 Å². The summed E-state index contributed by atoms with van der Waals surface area (Å²) in [4.78, 5) is 8.05. The van der Waals surface area contributed by atoms with Crippen LogP contribution in [0.15, 0.2) is 30.3 Å². The standard InChI is InChI=1S/C16H18Cl2N4O/c17-12-3-1-11(2-4-12)16(5-7-23-8-6-16)10-20-14-9-13(18)21-15(19)22-14/h1-4,9H,5-8,10H2,(H3,19,20,21,22). The van der Waals surface area contributed by atoms with E-state index in [1.54, 1.807) is 6.07 Å². The highest BCUT2D eigenvalue weighted by Crippen LogP contribution is 2.35. The van der Waals surface area contributed by atoms with Crippen molar-refractivity contribution in [3.05, 3.63) is 46.1 Å². The van der Waals surface area contributed by atoms with Gasteiger partial charge in [0.25, 0.3) is 0 Å². The van der Waals surface area contributed by atoms with Crippen LogP contribution in [0.1, 0.15) is 18.4 Å². The number of ether oxygens (including phenoxy) is 1. The van der Waals surface area contributed by atoms with Gasteiger partial charge in [0.05, 0.1) is 0 Å². The lowest BCUT2D eigenvalue weighted by Crippen LogP contribution is -2.40. The Hall–Kier alpha value is -1.56. The number of hydrogen-bond acceptors (Lipinski definition) is 5. The molecule has 1 aromatic heterocycles. The van der Waals surface area contributed by atoms with E-state index in [1.807, 2.05) is 12.1 Å². The Morgan fingerprint density at radius 1 is 1.13 bits per heavy atom. The van der Waals surface area contributed by atoms with Gasteiger partial charge in [0, 0.05) is 36.3 Å². The van der Waals surface area contributed by atoms with E-state index in [4.69, 9.17) is 33.7 Å². The SMILES string of the molecule is Nc1nc(Cl)cc(NCC2(c3ccc(Cl)cc3)CCOCC2)n1. The molecule has 1 fully saturated rings. The smallest absolute Gasteiger partial charge is 0.223 e. The minimum absolute atomic E-state index is 0.0327. The van der Waals surface area contributed by atoms with Gasteiger partial charge in [-0.1, -0.05) is 35.3 Å². The van der Waals surface area contributed by atoms with Crippen molar-refractivity contribution >= 4 is 35.0 Å². The van der Waals surface area contributed by atoms with E-state index in [1.165, 1.54) is 5.56 Å². The van der Waals surface area contributed by atoms with Crippen molar-refractivity contribution < 1.29 is 4.74 Å². The van der Waals surface area contributed by atoms with E-state index in [-0.39, 0.29) is 11.4 Å². The fourth-order valence-electron chi connectivity index (χ4n) is 2.92. The first-order valence-electron chi connectivity index (χ1n) is 7.45. The summed E-state index contributed by atoms with van der Waals surface area (Å²) in [6.45, 7) is 2.18. The number of halogens is 2. The fraction of sp³-hybridized carbons (Fsp3) is 0.375. The maximum absolute atomic E-state index is 6.02. The Morgan fingerprint density at radius 2 is 1.83 bits per heavy atom. The number of hydrogen-bond donors (Lipinski definition) is 2. The average molecular weight is 353 g/mol. The molecule has 2 heterocycles. The predicted octanol–water partition coefficient (Wildman–Crippen LogP) is 3.53. The summed E-state index contributed by atoms with van der Waals surface area (Å²) in [6, 6.07) is 9.68. The van der Waals surface area contributed by atoms with Gasteiger partial charge < -0.3 is 15.8 Å². The summed E-state index contributed by atoms with van der Waals surface area (Å²) in [5, 5.41) is 4.41. The summed E-state index contributed by atoms with van der Waals surface area (Å²) >= 11 is 12.0. The van der Waals surface area contributed by atoms with Crippen LogP contribution >= 0.6 is 23.2 Å². The molecule has 3 N–H and O–H groups in total. The Balaban J connectivity index is 1.83. The molecule has 1 aliphatic heterocycles. The largest absolute Gasteiger partial charge is 0.381 e. The molecule has 0 spiro atoms. The van der Waals surface area contributed by atoms with Gasteiger partial charge in [0.1, 0.15) is 11.0 Å². The lowest BCUT2D eigenvalue weighted by Gasteiger charge is -2.38. The quantitative estimate of drug-likeness (QED) is 0.823. The highest BCUT2D eigenvalue weighted by Gasteiger charge is 2.34. The molecule has 1 aromatic carbocycles. The molecule has 2 aromatic rings. The van der Waals surface area contributed by atoms with Gasteiger partial charge in [-0.25, -0.2) is 4.98 Å². The molecule has 1 aliphatic rings. The van der Waals surface area contributed by atoms with Crippen LogP contribution < -0.4 is 11.1 Å². The van der Waals surface area contributed by atoms with Gasteiger partial charge in [0.15, 0.2) is 0 Å². The first-order chi connectivity index (χ1) is 11.1. The minimum atomic E-state index is -0.0327. The highest BCUT2D eigenvalue weighted by molar-refractivity contribution is 6.30. The van der Waals surface area contributed by atoms with Crippen molar-refractivity contribution in [2.75, 3.05) is 30.8 Å². The van der Waals surface area contributed by atoms with E-state index in [0.717, 1.165) is 31.1 Å². The zero-order valence-corrected chi connectivity index (χ0v) is 14.1. The first kappa shape index (κ1) is 16.3. The second kappa shape index (κ2) is 6.91. The third-order valence-corrected chi connectivity index (χ3v) is 4.67. The van der Waals surface area contributed by atoms with Gasteiger partial charge in [-0.15, -0.1) is 0 Å². The summed E-state index contributed by atoms with van der Waals surface area (Å²) in [7, 11) is 0. The molecular weight excluding hydrogens is 335 g/mol. The van der Waals surface area contributed by atoms with Gasteiger partial charge in [-0.3, -0.25) is 0 Å². The van der Waals surface area contributed by atoms with Crippen molar-refractivity contribution in [1.29, 1.82) is 0 Å². The van der Waals surface area contributed by atoms with Crippen molar-refractivity contribution in [2.24, 2.45) is 0 Å². The van der Waals surface area contributed by atoms with Gasteiger partial charge in [-0.05, 0) is 30.5 Å². The molecule has 1 saturated heterocycles. The second-order valence-corrected chi connectivity index (χ2v) is 6.51. The molecule has 0 amide bonds. The Bertz CT molecular complexity index is 652. The van der Waals surface area contributed by atoms with Crippen molar-refractivity contribution in [1.82, 2.24) is 9.97 Å². The van der Waals surface area contributed by atoms with Crippen LogP contribution in [-0.2, 0) is 10.2 Å². The molecule has 7 heteroatoms. The van der Waals surface area contributed by atoms with E-state index in [2.05, 4.69) is 27.4 Å². The van der Waals surface area contributed by atoms with Crippen molar-refractivity contribution in [3.63, 3.8) is 0 Å². The van der Waals surface area contributed by atoms with Gasteiger partial charge in [0.2, 0.25) is 5.95 Å². The molecular formula is C16H18Cl2N4O. The molecule has 122 valence electrons. The number of aromatic nitrogens is 2. The molecule has 0 atom stereocenters. The fourth-order valence-corrected chi connectivity index (χ4v) is 3.23. The molecule has 3 rings (SSSR count). The topological polar surface area (TPSA) is 73.1 Å². The van der Waals surface area contributed by atoms with E-state index in [0.29, 0.717) is 17.5 Å². The lowest BCUT2D eigenvalue weighted by molar-refractivity contribution is 0.0543. The highest BCUT2D eigenvalue weighted by atomic mass is 35.5. The normalized spacial score (nSPS) is 17.0. The van der Waals surface area contributed by atoms with Crippen LogP contribution in [-0.4, -0.2) is 29.7 Å². The average Bonchev–Trinajstić information content (AvgIpc) is 2.54. The molecule has 5 nitrogen and oxygen atoms in total. The summed E-state index contributed by atoms with van der Waals surface area (Å²) in [5.74, 6) is 0.787. The Morgan fingerprint density at radius 3 is 2.48 bits per heavy atom. The number of nitrogens with one attached hydrogen (secondary N) is 1. The molecule has 0 aliphatic carbocycles. The van der Waals surface area contributed by atoms with Crippen LogP contribution in [0.4, 0.5) is 11.8 Å². The molecule has 0 bridgehead atoms. The van der Waals surface area contributed by atoms with E-state index in [9.17, 15) is 0 Å². The summed E-state index contributed by atoms with van der Waals surface area (Å²) in [5.41, 5.74) is 6.86. The Labute approximate surface area is 145 Å². The van der Waals surface area contributed by atoms with Crippen molar-refractivity contribution in [3.8, 4) is 0 Å². The minimum Gasteiger partial charge on any atom is -0.381 e. The zero-order chi connectivity index (χ0) is 16.3. The van der Waals surface area contributed by atoms with Gasteiger partial charge in [-0.2, -0.15) is 4.98 Å². The molecule has 0 radical (unpaired) electrons. The molecule has 0 saturated carbocycles. The number of nitrogen functional groups attached to an aromatic ring is 1. The number of nitrogens with zero attached hydrogens (tertiary/aromatic N) is 2. The number of rotatable bonds is 4. The molecule has 23 heavy (non-hydrogen) atoms. The van der Waals surface area contributed by atoms with Crippen LogP contribution in [0, 0.1) is 0 Å². The maximum Gasteiger partial charge on any atom is 0.223 e. The first-order valence-corrected chi connectivity index (χ1v) is 8.21.